The Hall–Kier alpha value is -0.990. The summed E-state index contributed by atoms with van der Waals surface area (Å²) in [6, 6.07) is 1.23. The van der Waals surface area contributed by atoms with Crippen LogP contribution < -0.4 is 5.32 Å². The van der Waals surface area contributed by atoms with Crippen molar-refractivity contribution in [3.8, 4) is 0 Å². The average molecular weight is 235 g/mol. The number of nitrogens with one attached hydrogen (secondary N) is 1. The van der Waals surface area contributed by atoms with E-state index in [1.54, 1.807) is 0 Å². The molecule has 1 aromatic heterocycles. The fourth-order valence-corrected chi connectivity index (χ4v) is 2.20. The lowest BCUT2D eigenvalue weighted by molar-refractivity contribution is 0.518. The Kier molecular flexibility index (Phi) is 4.08. The number of hydrogen-bond acceptors (Lipinski definition) is 2. The summed E-state index contributed by atoms with van der Waals surface area (Å²) in [4.78, 5) is 4.41. The van der Waals surface area contributed by atoms with Gasteiger partial charge >= 0.3 is 0 Å². The number of anilines is 1. The Balaban J connectivity index is 1.77. The van der Waals surface area contributed by atoms with Crippen molar-refractivity contribution in [2.45, 2.75) is 65.0 Å². The molecule has 0 bridgehead atoms. The van der Waals surface area contributed by atoms with Crippen LogP contribution in [0.4, 0.5) is 5.95 Å². The highest BCUT2D eigenvalue weighted by atomic mass is 15.2. The van der Waals surface area contributed by atoms with Crippen molar-refractivity contribution in [2.75, 3.05) is 5.32 Å². The highest BCUT2D eigenvalue weighted by Gasteiger charge is 2.25. The lowest BCUT2D eigenvalue weighted by Crippen LogP contribution is -2.18. The molecule has 1 unspecified atom stereocenters. The van der Waals surface area contributed by atoms with Gasteiger partial charge in [0.05, 0.1) is 0 Å². The summed E-state index contributed by atoms with van der Waals surface area (Å²) in [5.41, 5.74) is 0. The van der Waals surface area contributed by atoms with E-state index in [2.05, 4.69) is 41.8 Å². The van der Waals surface area contributed by atoms with Gasteiger partial charge < -0.3 is 9.88 Å². The van der Waals surface area contributed by atoms with Crippen molar-refractivity contribution >= 4 is 5.95 Å². The first kappa shape index (κ1) is 12.5. The Morgan fingerprint density at radius 3 is 2.76 bits per heavy atom. The van der Waals surface area contributed by atoms with Crippen LogP contribution in [-0.2, 0) is 0 Å². The minimum atomic E-state index is 0.522. The van der Waals surface area contributed by atoms with Crippen molar-refractivity contribution in [2.24, 2.45) is 5.92 Å². The molecular weight excluding hydrogens is 210 g/mol. The Bertz CT molecular complexity index is 339. The third-order valence-electron chi connectivity index (χ3n) is 3.40. The van der Waals surface area contributed by atoms with Gasteiger partial charge in [-0.15, -0.1) is 0 Å². The number of aromatic nitrogens is 2. The lowest BCUT2D eigenvalue weighted by atomic mass is 10.0. The first-order valence-electron chi connectivity index (χ1n) is 6.96. The second-order valence-electron chi connectivity index (χ2n) is 5.76. The molecule has 0 saturated heterocycles. The van der Waals surface area contributed by atoms with Crippen LogP contribution in [0.3, 0.4) is 0 Å². The predicted octanol–water partition coefficient (Wildman–Crippen LogP) is 3.84. The maximum absolute atomic E-state index is 4.41. The summed E-state index contributed by atoms with van der Waals surface area (Å²) in [7, 11) is 0. The predicted molar refractivity (Wildman–Crippen MR) is 72.3 cm³/mol. The average Bonchev–Trinajstić information content (AvgIpc) is 3.00. The molecule has 1 aliphatic rings. The van der Waals surface area contributed by atoms with Crippen molar-refractivity contribution in [1.82, 2.24) is 9.55 Å². The second kappa shape index (κ2) is 5.56. The Morgan fingerprint density at radius 1 is 1.35 bits per heavy atom. The quantitative estimate of drug-likeness (QED) is 0.778. The topological polar surface area (TPSA) is 29.9 Å². The van der Waals surface area contributed by atoms with E-state index in [0.29, 0.717) is 12.1 Å². The van der Waals surface area contributed by atoms with E-state index < -0.39 is 0 Å². The second-order valence-corrected chi connectivity index (χ2v) is 5.76. The highest BCUT2D eigenvalue weighted by Crippen LogP contribution is 2.36. The first-order chi connectivity index (χ1) is 8.16. The van der Waals surface area contributed by atoms with Crippen LogP contribution in [0.2, 0.25) is 0 Å². The van der Waals surface area contributed by atoms with Gasteiger partial charge in [-0.25, -0.2) is 4.98 Å². The highest BCUT2D eigenvalue weighted by molar-refractivity contribution is 5.29. The van der Waals surface area contributed by atoms with Gasteiger partial charge in [0.15, 0.2) is 0 Å². The van der Waals surface area contributed by atoms with Gasteiger partial charge in [0.2, 0.25) is 5.95 Å². The monoisotopic (exact) mass is 235 g/mol. The maximum atomic E-state index is 4.41. The number of imidazole rings is 1. The van der Waals surface area contributed by atoms with Crippen LogP contribution in [-0.4, -0.2) is 15.6 Å². The molecule has 1 aromatic rings. The van der Waals surface area contributed by atoms with E-state index in [1.807, 2.05) is 6.20 Å². The molecule has 1 atom stereocenters. The van der Waals surface area contributed by atoms with Crippen LogP contribution >= 0.6 is 0 Å². The standard InChI is InChI=1S/C14H25N3/c1-11(2)5-4-6-12(3)16-14-15-9-10-17(14)13-7-8-13/h9-13H,4-8H2,1-3H3,(H,15,16). The van der Waals surface area contributed by atoms with Gasteiger partial charge in [-0.2, -0.15) is 0 Å². The summed E-state index contributed by atoms with van der Waals surface area (Å²) >= 11 is 0. The van der Waals surface area contributed by atoms with Gasteiger partial charge in [-0.05, 0) is 32.1 Å². The van der Waals surface area contributed by atoms with Gasteiger partial charge in [-0.3, -0.25) is 0 Å². The third kappa shape index (κ3) is 3.76. The molecule has 1 fully saturated rings. The zero-order valence-corrected chi connectivity index (χ0v) is 11.3. The van der Waals surface area contributed by atoms with Crippen LogP contribution in [0.15, 0.2) is 12.4 Å². The Labute approximate surface area is 105 Å². The fraction of sp³-hybridized carbons (Fsp3) is 0.786. The smallest absolute Gasteiger partial charge is 0.203 e. The van der Waals surface area contributed by atoms with E-state index in [1.165, 1.54) is 32.1 Å². The fourth-order valence-electron chi connectivity index (χ4n) is 2.20. The molecule has 0 radical (unpaired) electrons. The molecule has 1 N–H and O–H groups in total. The first-order valence-corrected chi connectivity index (χ1v) is 6.96. The largest absolute Gasteiger partial charge is 0.353 e. The zero-order valence-electron chi connectivity index (χ0n) is 11.3. The van der Waals surface area contributed by atoms with Crippen molar-refractivity contribution in [3.63, 3.8) is 0 Å². The minimum Gasteiger partial charge on any atom is -0.353 e. The van der Waals surface area contributed by atoms with Crippen LogP contribution in [0, 0.1) is 5.92 Å². The van der Waals surface area contributed by atoms with Crippen molar-refractivity contribution in [1.29, 1.82) is 0 Å². The summed E-state index contributed by atoms with van der Waals surface area (Å²) in [5.74, 6) is 1.88. The molecule has 17 heavy (non-hydrogen) atoms. The molecule has 0 amide bonds. The number of nitrogens with zero attached hydrogens (tertiary/aromatic N) is 2. The zero-order chi connectivity index (χ0) is 12.3. The normalized spacial score (nSPS) is 17.4. The van der Waals surface area contributed by atoms with E-state index >= 15 is 0 Å². The third-order valence-corrected chi connectivity index (χ3v) is 3.40. The molecule has 1 aliphatic carbocycles. The van der Waals surface area contributed by atoms with E-state index in [4.69, 9.17) is 0 Å². The van der Waals surface area contributed by atoms with Gasteiger partial charge in [0.25, 0.3) is 0 Å². The van der Waals surface area contributed by atoms with Gasteiger partial charge in [0, 0.05) is 24.5 Å². The lowest BCUT2D eigenvalue weighted by Gasteiger charge is -2.16. The molecular formula is C14H25N3. The molecule has 0 aromatic carbocycles. The van der Waals surface area contributed by atoms with Crippen molar-refractivity contribution in [3.05, 3.63) is 12.4 Å². The van der Waals surface area contributed by atoms with Crippen molar-refractivity contribution < 1.29 is 0 Å². The van der Waals surface area contributed by atoms with E-state index in [-0.39, 0.29) is 0 Å². The number of rotatable bonds is 7. The summed E-state index contributed by atoms with van der Waals surface area (Å²) in [6.07, 6.45) is 10.5. The molecule has 2 rings (SSSR count). The molecule has 1 heterocycles. The molecule has 0 spiro atoms. The van der Waals surface area contributed by atoms with Crippen LogP contribution in [0.1, 0.15) is 58.9 Å². The maximum Gasteiger partial charge on any atom is 0.203 e. The van der Waals surface area contributed by atoms with Crippen LogP contribution in [0.5, 0.6) is 0 Å². The van der Waals surface area contributed by atoms with Gasteiger partial charge in [0.1, 0.15) is 0 Å². The summed E-state index contributed by atoms with van der Waals surface area (Å²) in [5, 5.41) is 3.54. The SMILES string of the molecule is CC(C)CCCC(C)Nc1nccn1C1CC1. The van der Waals surface area contributed by atoms with Gasteiger partial charge in [-0.1, -0.05) is 26.7 Å². The number of hydrogen-bond donors (Lipinski definition) is 1. The van der Waals surface area contributed by atoms with E-state index in [0.717, 1.165) is 11.9 Å². The molecule has 3 nitrogen and oxygen atoms in total. The molecule has 3 heteroatoms. The van der Waals surface area contributed by atoms with E-state index in [9.17, 15) is 0 Å². The summed E-state index contributed by atoms with van der Waals surface area (Å²) < 4.78 is 2.29. The molecule has 1 saturated carbocycles. The molecule has 96 valence electrons. The van der Waals surface area contributed by atoms with Crippen LogP contribution in [0.25, 0.3) is 0 Å². The summed E-state index contributed by atoms with van der Waals surface area (Å²) in [6.45, 7) is 6.84. The minimum absolute atomic E-state index is 0.522. The Morgan fingerprint density at radius 2 is 2.12 bits per heavy atom. The molecule has 0 aliphatic heterocycles.